The third kappa shape index (κ3) is 4.52. The van der Waals surface area contributed by atoms with Crippen molar-refractivity contribution in [3.63, 3.8) is 0 Å². The lowest BCUT2D eigenvalue weighted by atomic mass is 9.50. The molecule has 2 aromatic rings. The predicted molar refractivity (Wildman–Crippen MR) is 133 cm³/mol. The zero-order valence-electron chi connectivity index (χ0n) is 20.3. The second kappa shape index (κ2) is 10.0. The number of ether oxygens (including phenoxy) is 1. The number of nitriles is 2. The average molecular weight is 441 g/mol. The number of hydrogen-bond donors (Lipinski definition) is 0. The fourth-order valence-electron chi connectivity index (χ4n) is 6.43. The molecule has 5 rings (SSSR count). The highest BCUT2D eigenvalue weighted by atomic mass is 16.5. The highest BCUT2D eigenvalue weighted by Crippen LogP contribution is 2.60. The van der Waals surface area contributed by atoms with Gasteiger partial charge in [0.1, 0.15) is 17.9 Å². The molecule has 0 N–H and O–H groups in total. The molecular weight excluding hydrogens is 404 g/mol. The number of benzene rings is 2. The molecule has 0 radical (unpaired) electrons. The van der Waals surface area contributed by atoms with Gasteiger partial charge in [0.2, 0.25) is 0 Å². The molecule has 3 nitrogen and oxygen atoms in total. The van der Waals surface area contributed by atoms with Crippen molar-refractivity contribution in [1.82, 2.24) is 0 Å². The zero-order chi connectivity index (χ0) is 23.3. The summed E-state index contributed by atoms with van der Waals surface area (Å²) in [5.74, 6) is 0.784. The third-order valence-electron chi connectivity index (χ3n) is 8.61. The van der Waals surface area contributed by atoms with Crippen LogP contribution < -0.4 is 4.74 Å². The van der Waals surface area contributed by atoms with Gasteiger partial charge in [0.25, 0.3) is 0 Å². The van der Waals surface area contributed by atoms with Gasteiger partial charge in [-0.05, 0) is 79.0 Å². The Morgan fingerprint density at radius 3 is 2.00 bits per heavy atom. The predicted octanol–water partition coefficient (Wildman–Crippen LogP) is 8.06. The highest BCUT2D eigenvalue weighted by Gasteiger charge is 2.49. The molecule has 0 unspecified atom stereocenters. The van der Waals surface area contributed by atoms with Crippen LogP contribution in [0.3, 0.4) is 0 Å². The number of rotatable bonds is 9. The van der Waals surface area contributed by atoms with Crippen LogP contribution in [0.2, 0.25) is 0 Å². The maximum atomic E-state index is 10.2. The van der Waals surface area contributed by atoms with Gasteiger partial charge in [-0.3, -0.25) is 0 Å². The summed E-state index contributed by atoms with van der Waals surface area (Å²) >= 11 is 0. The molecular formula is C30H36N2O. The summed E-state index contributed by atoms with van der Waals surface area (Å²) < 4.78 is 5.27. The molecule has 33 heavy (non-hydrogen) atoms. The molecule has 0 atom stereocenters. The summed E-state index contributed by atoms with van der Waals surface area (Å²) in [6.07, 6.45) is 15.4. The SMILES string of the molecule is CCCCCCCC12CCC(c3ccc(-c4ccc(OC)cc4)c(C#N)c3C#N)(CC1)CC2. The molecule has 0 amide bonds. The largest absolute Gasteiger partial charge is 0.497 e. The van der Waals surface area contributed by atoms with E-state index in [1.807, 2.05) is 24.3 Å². The maximum Gasteiger partial charge on any atom is 0.118 e. The molecule has 3 aliphatic rings. The molecule has 2 bridgehead atoms. The van der Waals surface area contributed by atoms with E-state index in [9.17, 15) is 10.5 Å². The average Bonchev–Trinajstić information content (AvgIpc) is 2.88. The van der Waals surface area contributed by atoms with Crippen molar-refractivity contribution in [1.29, 1.82) is 10.5 Å². The highest BCUT2D eigenvalue weighted by molar-refractivity contribution is 5.75. The molecule has 0 spiro atoms. The summed E-state index contributed by atoms with van der Waals surface area (Å²) in [5, 5.41) is 20.2. The first-order valence-electron chi connectivity index (χ1n) is 12.7. The van der Waals surface area contributed by atoms with Crippen LogP contribution >= 0.6 is 0 Å². The number of unbranched alkanes of at least 4 members (excludes halogenated alkanes) is 4. The van der Waals surface area contributed by atoms with Gasteiger partial charge in [0.05, 0.1) is 18.2 Å². The molecule has 3 saturated carbocycles. The van der Waals surface area contributed by atoms with Crippen LogP contribution in [-0.4, -0.2) is 7.11 Å². The van der Waals surface area contributed by atoms with Crippen molar-refractivity contribution in [2.75, 3.05) is 7.11 Å². The Bertz CT molecular complexity index is 1030. The van der Waals surface area contributed by atoms with Crippen molar-refractivity contribution >= 4 is 0 Å². The molecule has 3 aliphatic carbocycles. The van der Waals surface area contributed by atoms with Crippen molar-refractivity contribution in [2.45, 2.75) is 89.4 Å². The van der Waals surface area contributed by atoms with E-state index in [0.717, 1.165) is 41.7 Å². The van der Waals surface area contributed by atoms with E-state index in [1.54, 1.807) is 7.11 Å². The van der Waals surface area contributed by atoms with Crippen LogP contribution in [0.25, 0.3) is 11.1 Å². The maximum absolute atomic E-state index is 10.2. The smallest absolute Gasteiger partial charge is 0.118 e. The molecule has 0 aliphatic heterocycles. The second-order valence-electron chi connectivity index (χ2n) is 10.3. The van der Waals surface area contributed by atoms with Crippen LogP contribution in [0.15, 0.2) is 36.4 Å². The minimum absolute atomic E-state index is 0.0685. The van der Waals surface area contributed by atoms with Gasteiger partial charge in [-0.25, -0.2) is 0 Å². The normalized spacial score (nSPS) is 23.6. The van der Waals surface area contributed by atoms with Crippen LogP contribution in [-0.2, 0) is 5.41 Å². The Morgan fingerprint density at radius 1 is 0.788 bits per heavy atom. The molecule has 3 fully saturated rings. The zero-order valence-corrected chi connectivity index (χ0v) is 20.3. The fourth-order valence-corrected chi connectivity index (χ4v) is 6.43. The summed E-state index contributed by atoms with van der Waals surface area (Å²) in [6, 6.07) is 16.8. The van der Waals surface area contributed by atoms with E-state index >= 15 is 0 Å². The minimum atomic E-state index is 0.0685. The number of hydrogen-bond acceptors (Lipinski definition) is 3. The van der Waals surface area contributed by atoms with Crippen molar-refractivity contribution in [3.8, 4) is 29.0 Å². The van der Waals surface area contributed by atoms with E-state index in [1.165, 1.54) is 57.8 Å². The van der Waals surface area contributed by atoms with Gasteiger partial charge in [-0.1, -0.05) is 63.3 Å². The number of methoxy groups -OCH3 is 1. The Labute approximate surface area is 199 Å². The molecule has 0 saturated heterocycles. The summed E-state index contributed by atoms with van der Waals surface area (Å²) in [6.45, 7) is 2.28. The second-order valence-corrected chi connectivity index (χ2v) is 10.3. The standard InChI is InChI=1S/C30H36N2O/c1-3-4-5-6-7-14-29-15-18-30(19-16-29,20-17-29)28-13-12-25(26(21-31)27(28)22-32)23-8-10-24(33-2)11-9-23/h8-13H,3-7,14-20H2,1-2H3. The van der Waals surface area contributed by atoms with Gasteiger partial charge >= 0.3 is 0 Å². The van der Waals surface area contributed by atoms with Gasteiger partial charge in [0.15, 0.2) is 0 Å². The Hall–Kier alpha value is -2.78. The molecule has 3 heteroatoms. The topological polar surface area (TPSA) is 56.8 Å². The van der Waals surface area contributed by atoms with Gasteiger partial charge < -0.3 is 4.74 Å². The lowest BCUT2D eigenvalue weighted by Crippen LogP contribution is -2.44. The van der Waals surface area contributed by atoms with Gasteiger partial charge in [-0.15, -0.1) is 0 Å². The Morgan fingerprint density at radius 2 is 1.42 bits per heavy atom. The van der Waals surface area contributed by atoms with E-state index in [2.05, 4.69) is 31.2 Å². The first-order chi connectivity index (χ1) is 16.1. The van der Waals surface area contributed by atoms with E-state index < -0.39 is 0 Å². The van der Waals surface area contributed by atoms with Crippen LogP contribution in [0, 0.1) is 28.1 Å². The number of fused-ring (bicyclic) bond motifs is 3. The van der Waals surface area contributed by atoms with Crippen LogP contribution in [0.1, 0.15) is 101 Å². The lowest BCUT2D eigenvalue weighted by molar-refractivity contribution is 0.0303. The van der Waals surface area contributed by atoms with Crippen molar-refractivity contribution < 1.29 is 4.74 Å². The monoisotopic (exact) mass is 440 g/mol. The third-order valence-corrected chi connectivity index (χ3v) is 8.61. The molecule has 0 aromatic heterocycles. The molecule has 0 heterocycles. The number of nitrogens with zero attached hydrogens (tertiary/aromatic N) is 2. The Balaban J connectivity index is 1.57. The molecule has 172 valence electrons. The quantitative estimate of drug-likeness (QED) is 0.370. The van der Waals surface area contributed by atoms with Crippen LogP contribution in [0.5, 0.6) is 5.75 Å². The van der Waals surface area contributed by atoms with E-state index in [4.69, 9.17) is 4.74 Å². The first-order valence-corrected chi connectivity index (χ1v) is 12.7. The Kier molecular flexibility index (Phi) is 7.09. The molecule has 2 aromatic carbocycles. The van der Waals surface area contributed by atoms with Gasteiger partial charge in [0, 0.05) is 5.56 Å². The fraction of sp³-hybridized carbons (Fsp3) is 0.533. The van der Waals surface area contributed by atoms with E-state index in [0.29, 0.717) is 16.5 Å². The summed E-state index contributed by atoms with van der Waals surface area (Å²) in [4.78, 5) is 0. The minimum Gasteiger partial charge on any atom is -0.497 e. The summed E-state index contributed by atoms with van der Waals surface area (Å²) in [5.41, 5.74) is 4.62. The van der Waals surface area contributed by atoms with Crippen molar-refractivity contribution in [2.24, 2.45) is 5.41 Å². The van der Waals surface area contributed by atoms with Crippen LogP contribution in [0.4, 0.5) is 0 Å². The lowest BCUT2D eigenvalue weighted by Gasteiger charge is -2.54. The summed E-state index contributed by atoms with van der Waals surface area (Å²) in [7, 11) is 1.65. The van der Waals surface area contributed by atoms with Crippen molar-refractivity contribution in [3.05, 3.63) is 53.1 Å². The first kappa shape index (κ1) is 23.4. The van der Waals surface area contributed by atoms with Gasteiger partial charge in [-0.2, -0.15) is 10.5 Å². The van der Waals surface area contributed by atoms with E-state index in [-0.39, 0.29) is 5.41 Å².